The highest BCUT2D eigenvalue weighted by atomic mass is 16.7. The van der Waals surface area contributed by atoms with Crippen LogP contribution in [0.5, 0.6) is 0 Å². The van der Waals surface area contributed by atoms with Crippen LogP contribution in [-0.2, 0) is 18.9 Å². The van der Waals surface area contributed by atoms with Crippen LogP contribution in [0.3, 0.4) is 0 Å². The van der Waals surface area contributed by atoms with Crippen molar-refractivity contribution in [1.29, 1.82) is 0 Å². The molecule has 4 heteroatoms. The van der Waals surface area contributed by atoms with E-state index in [-0.39, 0.29) is 42.7 Å². The molecule has 6 atom stereocenters. The van der Waals surface area contributed by atoms with Crippen molar-refractivity contribution in [2.75, 3.05) is 6.61 Å². The lowest BCUT2D eigenvalue weighted by Gasteiger charge is -2.38. The van der Waals surface area contributed by atoms with Gasteiger partial charge in [0.1, 0.15) is 18.3 Å². The second kappa shape index (κ2) is 6.73. The van der Waals surface area contributed by atoms with E-state index in [4.69, 9.17) is 18.9 Å². The van der Waals surface area contributed by atoms with Crippen molar-refractivity contribution >= 4 is 0 Å². The van der Waals surface area contributed by atoms with E-state index in [0.29, 0.717) is 12.5 Å². The molecule has 0 saturated carbocycles. The smallest absolute Gasteiger partial charge is 0.115 e. The normalized spacial score (nSPS) is 41.4. The highest BCUT2D eigenvalue weighted by molar-refractivity contribution is 4.97. The summed E-state index contributed by atoms with van der Waals surface area (Å²) < 4.78 is 24.2. The minimum absolute atomic E-state index is 0.00343. The molecule has 0 radical (unpaired) electrons. The molecular weight excluding hydrogens is 256 g/mol. The minimum Gasteiger partial charge on any atom is -0.376 e. The number of hydrogen-bond donors (Lipinski definition) is 0. The van der Waals surface area contributed by atoms with Crippen LogP contribution in [-0.4, -0.2) is 49.3 Å². The van der Waals surface area contributed by atoms with E-state index in [9.17, 15) is 0 Å². The molecule has 0 aliphatic carbocycles. The fraction of sp³-hybridized carbons (Fsp3) is 1.00. The first-order chi connectivity index (χ1) is 9.38. The van der Waals surface area contributed by atoms with E-state index in [1.54, 1.807) is 0 Å². The standard InChI is InChI=1S/C16H30O4/c1-9(2)7-13-15-16(19-12(6)11(5)18-15)14(20-13)8-17-10(3)4/h9-16H,7-8H2,1-6H3. The van der Waals surface area contributed by atoms with Gasteiger partial charge in [-0.15, -0.1) is 0 Å². The van der Waals surface area contributed by atoms with Gasteiger partial charge in [-0.3, -0.25) is 0 Å². The molecule has 118 valence electrons. The molecule has 6 unspecified atom stereocenters. The summed E-state index contributed by atoms with van der Waals surface area (Å²) >= 11 is 0. The quantitative estimate of drug-likeness (QED) is 0.779. The van der Waals surface area contributed by atoms with Crippen molar-refractivity contribution in [3.63, 3.8) is 0 Å². The molecule has 2 fully saturated rings. The molecule has 2 aliphatic rings. The summed E-state index contributed by atoms with van der Waals surface area (Å²) in [5, 5.41) is 0. The van der Waals surface area contributed by atoms with Crippen molar-refractivity contribution in [2.24, 2.45) is 5.92 Å². The van der Waals surface area contributed by atoms with Crippen LogP contribution in [0.25, 0.3) is 0 Å². The molecule has 2 rings (SSSR count). The Bertz CT molecular complexity index is 305. The monoisotopic (exact) mass is 286 g/mol. The molecule has 0 aromatic rings. The molecule has 0 aromatic heterocycles. The largest absolute Gasteiger partial charge is 0.376 e. The van der Waals surface area contributed by atoms with Crippen molar-refractivity contribution < 1.29 is 18.9 Å². The second-order valence-electron chi connectivity index (χ2n) is 6.84. The Morgan fingerprint density at radius 2 is 1.40 bits per heavy atom. The average Bonchev–Trinajstić information content (AvgIpc) is 2.65. The van der Waals surface area contributed by atoms with Crippen LogP contribution >= 0.6 is 0 Å². The van der Waals surface area contributed by atoms with Crippen LogP contribution in [0.4, 0.5) is 0 Å². The third-order valence-electron chi connectivity index (χ3n) is 4.11. The minimum atomic E-state index is -0.0129. The van der Waals surface area contributed by atoms with Crippen molar-refractivity contribution in [3.8, 4) is 0 Å². The third kappa shape index (κ3) is 3.73. The predicted molar refractivity (Wildman–Crippen MR) is 77.9 cm³/mol. The molecule has 20 heavy (non-hydrogen) atoms. The first-order valence-corrected chi connectivity index (χ1v) is 7.96. The zero-order chi connectivity index (χ0) is 14.9. The summed E-state index contributed by atoms with van der Waals surface area (Å²) in [6, 6.07) is 0. The number of ether oxygens (including phenoxy) is 4. The van der Waals surface area contributed by atoms with Gasteiger partial charge in [0, 0.05) is 0 Å². The Balaban J connectivity index is 2.03. The van der Waals surface area contributed by atoms with Gasteiger partial charge in [0.25, 0.3) is 0 Å². The van der Waals surface area contributed by atoms with E-state index in [2.05, 4.69) is 27.7 Å². The van der Waals surface area contributed by atoms with Crippen molar-refractivity contribution in [1.82, 2.24) is 0 Å². The Hall–Kier alpha value is -0.160. The molecule has 2 heterocycles. The van der Waals surface area contributed by atoms with E-state index in [1.807, 2.05) is 13.8 Å². The van der Waals surface area contributed by atoms with Gasteiger partial charge in [0.2, 0.25) is 0 Å². The molecule has 0 amide bonds. The van der Waals surface area contributed by atoms with Gasteiger partial charge in [-0.25, -0.2) is 0 Å². The molecule has 0 bridgehead atoms. The second-order valence-corrected chi connectivity index (χ2v) is 6.84. The van der Waals surface area contributed by atoms with Gasteiger partial charge in [-0.2, -0.15) is 0 Å². The molecule has 0 N–H and O–H groups in total. The maximum Gasteiger partial charge on any atom is 0.115 e. The van der Waals surface area contributed by atoms with Crippen LogP contribution in [0, 0.1) is 5.92 Å². The molecule has 2 aliphatic heterocycles. The Labute approximate surface area is 123 Å². The van der Waals surface area contributed by atoms with E-state index in [0.717, 1.165) is 6.42 Å². The predicted octanol–water partition coefficient (Wildman–Crippen LogP) is 2.79. The molecule has 4 nitrogen and oxygen atoms in total. The zero-order valence-electron chi connectivity index (χ0n) is 13.7. The van der Waals surface area contributed by atoms with Gasteiger partial charge < -0.3 is 18.9 Å². The van der Waals surface area contributed by atoms with Gasteiger partial charge in [-0.05, 0) is 40.0 Å². The maximum atomic E-state index is 6.19. The van der Waals surface area contributed by atoms with Gasteiger partial charge in [0.15, 0.2) is 0 Å². The fourth-order valence-electron chi connectivity index (χ4n) is 2.93. The Morgan fingerprint density at radius 3 is 1.90 bits per heavy atom. The topological polar surface area (TPSA) is 36.9 Å². The van der Waals surface area contributed by atoms with Crippen LogP contribution in [0.1, 0.15) is 48.0 Å². The lowest BCUT2D eigenvalue weighted by atomic mass is 9.97. The molecular formula is C16H30O4. The van der Waals surface area contributed by atoms with Crippen molar-refractivity contribution in [3.05, 3.63) is 0 Å². The highest BCUT2D eigenvalue weighted by Gasteiger charge is 2.50. The highest BCUT2D eigenvalue weighted by Crippen LogP contribution is 2.36. The SMILES string of the molecule is CC(C)CC1OC(COC(C)C)C2OC(C)C(C)OC12. The summed E-state index contributed by atoms with van der Waals surface area (Å²) in [6.45, 7) is 13.2. The number of rotatable bonds is 5. The fourth-order valence-corrected chi connectivity index (χ4v) is 2.93. The third-order valence-corrected chi connectivity index (χ3v) is 4.11. The van der Waals surface area contributed by atoms with Gasteiger partial charge in [-0.1, -0.05) is 13.8 Å². The summed E-state index contributed by atoms with van der Waals surface area (Å²) in [7, 11) is 0. The summed E-state index contributed by atoms with van der Waals surface area (Å²) in [5.41, 5.74) is 0. The van der Waals surface area contributed by atoms with E-state index in [1.165, 1.54) is 0 Å². The summed E-state index contributed by atoms with van der Waals surface area (Å²) in [4.78, 5) is 0. The van der Waals surface area contributed by atoms with Gasteiger partial charge >= 0.3 is 0 Å². The maximum absolute atomic E-state index is 6.19. The lowest BCUT2D eigenvalue weighted by Crippen LogP contribution is -2.51. The Morgan fingerprint density at radius 1 is 0.850 bits per heavy atom. The first-order valence-electron chi connectivity index (χ1n) is 7.96. The van der Waals surface area contributed by atoms with E-state index >= 15 is 0 Å². The summed E-state index contributed by atoms with van der Waals surface area (Å²) in [6.07, 6.45) is 1.61. The molecule has 2 saturated heterocycles. The molecule has 0 aromatic carbocycles. The van der Waals surface area contributed by atoms with Crippen LogP contribution in [0.2, 0.25) is 0 Å². The Kier molecular flexibility index (Phi) is 5.46. The van der Waals surface area contributed by atoms with Crippen molar-refractivity contribution in [2.45, 2.75) is 90.7 Å². The first kappa shape index (κ1) is 16.2. The zero-order valence-corrected chi connectivity index (χ0v) is 13.7. The van der Waals surface area contributed by atoms with Crippen LogP contribution < -0.4 is 0 Å². The van der Waals surface area contributed by atoms with Crippen LogP contribution in [0.15, 0.2) is 0 Å². The molecule has 0 spiro atoms. The van der Waals surface area contributed by atoms with E-state index < -0.39 is 0 Å². The van der Waals surface area contributed by atoms with Gasteiger partial charge in [0.05, 0.1) is 31.0 Å². The summed E-state index contributed by atoms with van der Waals surface area (Å²) in [5.74, 6) is 0.587. The average molecular weight is 286 g/mol. The lowest BCUT2D eigenvalue weighted by molar-refractivity contribution is -0.206. The number of fused-ring (bicyclic) bond motifs is 1. The number of hydrogen-bond acceptors (Lipinski definition) is 4.